The highest BCUT2D eigenvalue weighted by Gasteiger charge is 2.14. The Bertz CT molecular complexity index is 908. The SMILES string of the molecule is Cc1nc2cc(N[C@@H](C)C(=O)Nc3ccc(F)c(F)c3)ccc2o1. The molecule has 0 aliphatic rings. The van der Waals surface area contributed by atoms with Crippen molar-refractivity contribution in [2.24, 2.45) is 0 Å². The Morgan fingerprint density at radius 2 is 1.88 bits per heavy atom. The number of aryl methyl sites for hydroxylation is 1. The standard InChI is InChI=1S/C17H15F2N3O2/c1-9(17(23)22-11-3-5-13(18)14(19)7-11)20-12-4-6-16-15(8-12)21-10(2)24-16/h3-9,20H,1-2H3,(H,22,23)/t9-/m0/s1. The van der Waals surface area contributed by atoms with E-state index in [9.17, 15) is 13.6 Å². The van der Waals surface area contributed by atoms with Gasteiger partial charge in [-0.15, -0.1) is 0 Å². The van der Waals surface area contributed by atoms with E-state index >= 15 is 0 Å². The summed E-state index contributed by atoms with van der Waals surface area (Å²) in [5.74, 6) is -1.79. The van der Waals surface area contributed by atoms with E-state index in [-0.39, 0.29) is 11.6 Å². The predicted octanol–water partition coefficient (Wildman–Crippen LogP) is 3.85. The van der Waals surface area contributed by atoms with Crippen molar-refractivity contribution >= 4 is 28.4 Å². The highest BCUT2D eigenvalue weighted by molar-refractivity contribution is 5.96. The monoisotopic (exact) mass is 331 g/mol. The number of carbonyl (C=O) groups is 1. The van der Waals surface area contributed by atoms with Crippen LogP contribution in [0.5, 0.6) is 0 Å². The van der Waals surface area contributed by atoms with Crippen LogP contribution in [0.15, 0.2) is 40.8 Å². The third kappa shape index (κ3) is 3.34. The summed E-state index contributed by atoms with van der Waals surface area (Å²) in [6.07, 6.45) is 0. The van der Waals surface area contributed by atoms with Crippen LogP contribution in [-0.2, 0) is 4.79 Å². The third-order valence-corrected chi connectivity index (χ3v) is 3.46. The number of hydrogen-bond donors (Lipinski definition) is 2. The minimum Gasteiger partial charge on any atom is -0.441 e. The van der Waals surface area contributed by atoms with Gasteiger partial charge in [-0.1, -0.05) is 0 Å². The van der Waals surface area contributed by atoms with Gasteiger partial charge in [-0.3, -0.25) is 4.79 Å². The molecule has 1 atom stereocenters. The van der Waals surface area contributed by atoms with E-state index in [1.165, 1.54) is 6.07 Å². The van der Waals surface area contributed by atoms with Crippen LogP contribution in [-0.4, -0.2) is 16.9 Å². The van der Waals surface area contributed by atoms with Gasteiger partial charge in [0, 0.05) is 24.4 Å². The lowest BCUT2D eigenvalue weighted by molar-refractivity contribution is -0.116. The lowest BCUT2D eigenvalue weighted by Gasteiger charge is -2.15. The van der Waals surface area contributed by atoms with Crippen molar-refractivity contribution in [1.82, 2.24) is 4.98 Å². The molecular weight excluding hydrogens is 316 g/mol. The zero-order valence-electron chi connectivity index (χ0n) is 13.1. The lowest BCUT2D eigenvalue weighted by atomic mass is 10.2. The number of carbonyl (C=O) groups excluding carboxylic acids is 1. The van der Waals surface area contributed by atoms with Crippen LogP contribution in [0.1, 0.15) is 12.8 Å². The number of oxazole rings is 1. The molecule has 1 amide bonds. The Hall–Kier alpha value is -2.96. The molecule has 1 heterocycles. The number of rotatable bonds is 4. The Labute approximate surface area is 136 Å². The van der Waals surface area contributed by atoms with E-state index in [0.717, 1.165) is 12.1 Å². The van der Waals surface area contributed by atoms with Gasteiger partial charge in [0.2, 0.25) is 5.91 Å². The maximum Gasteiger partial charge on any atom is 0.246 e. The first kappa shape index (κ1) is 15.9. The molecule has 5 nitrogen and oxygen atoms in total. The molecule has 0 bridgehead atoms. The van der Waals surface area contributed by atoms with Gasteiger partial charge in [-0.2, -0.15) is 0 Å². The van der Waals surface area contributed by atoms with Gasteiger partial charge in [0.25, 0.3) is 0 Å². The van der Waals surface area contributed by atoms with Crippen molar-refractivity contribution < 1.29 is 18.0 Å². The summed E-state index contributed by atoms with van der Waals surface area (Å²) in [5, 5.41) is 5.56. The van der Waals surface area contributed by atoms with Gasteiger partial charge in [0.1, 0.15) is 11.6 Å². The molecular formula is C17H15F2N3O2. The fourth-order valence-corrected chi connectivity index (χ4v) is 2.27. The van der Waals surface area contributed by atoms with Crippen molar-refractivity contribution in [3.05, 3.63) is 53.9 Å². The van der Waals surface area contributed by atoms with Crippen LogP contribution in [0, 0.1) is 18.6 Å². The second-order valence-electron chi connectivity index (χ2n) is 5.40. The summed E-state index contributed by atoms with van der Waals surface area (Å²) in [7, 11) is 0. The Kier molecular flexibility index (Phi) is 4.16. The molecule has 0 saturated carbocycles. The van der Waals surface area contributed by atoms with E-state index in [1.54, 1.807) is 32.0 Å². The van der Waals surface area contributed by atoms with Crippen molar-refractivity contribution in [3.63, 3.8) is 0 Å². The molecule has 3 rings (SSSR count). The van der Waals surface area contributed by atoms with E-state index in [0.29, 0.717) is 22.7 Å². The van der Waals surface area contributed by atoms with Gasteiger partial charge in [-0.25, -0.2) is 13.8 Å². The van der Waals surface area contributed by atoms with E-state index in [1.807, 2.05) is 0 Å². The number of anilines is 2. The normalized spacial score (nSPS) is 12.2. The molecule has 7 heteroatoms. The second kappa shape index (κ2) is 6.27. The Morgan fingerprint density at radius 1 is 1.12 bits per heavy atom. The van der Waals surface area contributed by atoms with Crippen molar-refractivity contribution in [2.45, 2.75) is 19.9 Å². The fraction of sp³-hybridized carbons (Fsp3) is 0.176. The number of amides is 1. The van der Waals surface area contributed by atoms with Crippen molar-refractivity contribution in [3.8, 4) is 0 Å². The van der Waals surface area contributed by atoms with Gasteiger partial charge in [-0.05, 0) is 37.3 Å². The average Bonchev–Trinajstić information content (AvgIpc) is 2.90. The van der Waals surface area contributed by atoms with Crippen molar-refractivity contribution in [2.75, 3.05) is 10.6 Å². The van der Waals surface area contributed by atoms with Crippen LogP contribution in [0.3, 0.4) is 0 Å². The van der Waals surface area contributed by atoms with E-state index < -0.39 is 17.7 Å². The first-order chi connectivity index (χ1) is 11.4. The van der Waals surface area contributed by atoms with E-state index in [4.69, 9.17) is 4.42 Å². The van der Waals surface area contributed by atoms with Gasteiger partial charge >= 0.3 is 0 Å². The topological polar surface area (TPSA) is 67.2 Å². The number of benzene rings is 2. The smallest absolute Gasteiger partial charge is 0.246 e. The summed E-state index contributed by atoms with van der Waals surface area (Å²) >= 11 is 0. The van der Waals surface area contributed by atoms with Crippen LogP contribution < -0.4 is 10.6 Å². The zero-order chi connectivity index (χ0) is 17.3. The summed E-state index contributed by atoms with van der Waals surface area (Å²) in [6.45, 7) is 3.42. The highest BCUT2D eigenvalue weighted by Crippen LogP contribution is 2.20. The molecule has 0 fully saturated rings. The van der Waals surface area contributed by atoms with Crippen LogP contribution >= 0.6 is 0 Å². The molecule has 0 spiro atoms. The van der Waals surface area contributed by atoms with Crippen LogP contribution in [0.2, 0.25) is 0 Å². The summed E-state index contributed by atoms with van der Waals surface area (Å²) < 4.78 is 31.5. The summed E-state index contributed by atoms with van der Waals surface area (Å²) in [5.41, 5.74) is 2.24. The molecule has 0 saturated heterocycles. The summed E-state index contributed by atoms with van der Waals surface area (Å²) in [6, 6.07) is 7.91. The van der Waals surface area contributed by atoms with Gasteiger partial charge < -0.3 is 15.1 Å². The molecule has 124 valence electrons. The zero-order valence-corrected chi connectivity index (χ0v) is 13.1. The minimum absolute atomic E-state index is 0.190. The van der Waals surface area contributed by atoms with Gasteiger partial charge in [0.05, 0.1) is 0 Å². The lowest BCUT2D eigenvalue weighted by Crippen LogP contribution is -2.31. The molecule has 0 unspecified atom stereocenters. The number of fused-ring (bicyclic) bond motifs is 1. The quantitative estimate of drug-likeness (QED) is 0.762. The van der Waals surface area contributed by atoms with Crippen LogP contribution in [0.4, 0.5) is 20.2 Å². The molecule has 2 N–H and O–H groups in total. The molecule has 3 aromatic rings. The predicted molar refractivity (Wildman–Crippen MR) is 86.8 cm³/mol. The molecule has 1 aromatic heterocycles. The minimum atomic E-state index is -1.01. The maximum absolute atomic E-state index is 13.2. The number of nitrogens with one attached hydrogen (secondary N) is 2. The molecule has 0 aliphatic carbocycles. The van der Waals surface area contributed by atoms with Crippen molar-refractivity contribution in [1.29, 1.82) is 0 Å². The Balaban J connectivity index is 1.69. The number of hydrogen-bond acceptors (Lipinski definition) is 4. The first-order valence-electron chi connectivity index (χ1n) is 7.32. The summed E-state index contributed by atoms with van der Waals surface area (Å²) in [4.78, 5) is 16.4. The van der Waals surface area contributed by atoms with E-state index in [2.05, 4.69) is 15.6 Å². The number of nitrogens with zero attached hydrogens (tertiary/aromatic N) is 1. The maximum atomic E-state index is 13.2. The molecule has 24 heavy (non-hydrogen) atoms. The first-order valence-corrected chi connectivity index (χ1v) is 7.32. The number of halogens is 2. The third-order valence-electron chi connectivity index (χ3n) is 3.46. The van der Waals surface area contributed by atoms with Gasteiger partial charge in [0.15, 0.2) is 23.1 Å². The average molecular weight is 331 g/mol. The Morgan fingerprint density at radius 3 is 2.62 bits per heavy atom. The highest BCUT2D eigenvalue weighted by atomic mass is 19.2. The van der Waals surface area contributed by atoms with Crippen LogP contribution in [0.25, 0.3) is 11.1 Å². The number of aromatic nitrogens is 1. The molecule has 0 aliphatic heterocycles. The fourth-order valence-electron chi connectivity index (χ4n) is 2.27. The molecule has 2 aromatic carbocycles. The second-order valence-corrected chi connectivity index (χ2v) is 5.40. The molecule has 0 radical (unpaired) electrons. The largest absolute Gasteiger partial charge is 0.441 e.